The van der Waals surface area contributed by atoms with Crippen molar-refractivity contribution in [1.29, 1.82) is 0 Å². The van der Waals surface area contributed by atoms with Crippen LogP contribution in [0.3, 0.4) is 0 Å². The van der Waals surface area contributed by atoms with Crippen molar-refractivity contribution in [3.63, 3.8) is 0 Å². The van der Waals surface area contributed by atoms with E-state index in [-0.39, 0.29) is 17.4 Å². The van der Waals surface area contributed by atoms with Crippen LogP contribution in [0.15, 0.2) is 40.8 Å². The van der Waals surface area contributed by atoms with Crippen LogP contribution in [0.4, 0.5) is 0 Å². The van der Waals surface area contributed by atoms with Crippen LogP contribution < -0.4 is 21.6 Å². The molecule has 0 heterocycles. The first-order chi connectivity index (χ1) is 11.0. The van der Waals surface area contributed by atoms with Crippen molar-refractivity contribution < 1.29 is 9.53 Å². The average molecular weight is 317 g/mol. The molecule has 0 aliphatic heterocycles. The van der Waals surface area contributed by atoms with Crippen molar-refractivity contribution in [2.24, 2.45) is 22.5 Å². The summed E-state index contributed by atoms with van der Waals surface area (Å²) in [5.74, 6) is 7.11. The molecule has 1 aromatic rings. The fraction of sp³-hybridized carbons (Fsp3) is 0.375. The summed E-state index contributed by atoms with van der Waals surface area (Å²) >= 11 is 0. The number of nitrogens with two attached hydrogens (primary N) is 2. The van der Waals surface area contributed by atoms with Gasteiger partial charge in [-0.25, -0.2) is 10.8 Å². The van der Waals surface area contributed by atoms with Gasteiger partial charge in [0.2, 0.25) is 0 Å². The zero-order chi connectivity index (χ0) is 16.8. The van der Waals surface area contributed by atoms with Crippen molar-refractivity contribution in [3.05, 3.63) is 41.3 Å². The molecule has 0 radical (unpaired) electrons. The molecular formula is C16H23N5O2. The summed E-state index contributed by atoms with van der Waals surface area (Å²) in [6.45, 7) is 4.43. The standard InChI is InChI=1S/C16H23N5O2/c1-19-15(14(17)16(22)20-9-11-3-4-11)21(18)10-12-5-7-13(23-2)8-6-12/h5-8,11H,1,3-4,9-10,17-18H2,2H3,(H,20,22)/b15-14-. The van der Waals surface area contributed by atoms with E-state index in [4.69, 9.17) is 16.3 Å². The van der Waals surface area contributed by atoms with E-state index in [9.17, 15) is 4.79 Å². The normalized spacial score (nSPS) is 14.7. The third-order valence-corrected chi connectivity index (χ3v) is 3.67. The molecule has 1 amide bonds. The Morgan fingerprint density at radius 3 is 2.61 bits per heavy atom. The summed E-state index contributed by atoms with van der Waals surface area (Å²) in [4.78, 5) is 15.8. The first kappa shape index (κ1) is 16.8. The SMILES string of the molecule is C=N/C(=C(/N)C(=O)NCC1CC1)N(N)Cc1ccc(OC)cc1. The predicted molar refractivity (Wildman–Crippen MR) is 89.2 cm³/mol. The molecule has 1 aliphatic carbocycles. The highest BCUT2D eigenvalue weighted by molar-refractivity contribution is 5.93. The van der Waals surface area contributed by atoms with E-state index in [0.717, 1.165) is 24.2 Å². The molecule has 7 nitrogen and oxygen atoms in total. The van der Waals surface area contributed by atoms with E-state index < -0.39 is 0 Å². The lowest BCUT2D eigenvalue weighted by atomic mass is 10.2. The van der Waals surface area contributed by atoms with Crippen LogP contribution in [-0.4, -0.2) is 31.3 Å². The fourth-order valence-corrected chi connectivity index (χ4v) is 2.09. The number of nitrogens with one attached hydrogen (secondary N) is 1. The Labute approximate surface area is 136 Å². The number of methoxy groups -OCH3 is 1. The Bertz CT molecular complexity index is 593. The zero-order valence-corrected chi connectivity index (χ0v) is 13.3. The van der Waals surface area contributed by atoms with Crippen LogP contribution in [0.5, 0.6) is 5.75 Å². The lowest BCUT2D eigenvalue weighted by Crippen LogP contribution is -2.37. The Morgan fingerprint density at radius 1 is 1.43 bits per heavy atom. The van der Waals surface area contributed by atoms with Gasteiger partial charge in [-0.3, -0.25) is 9.80 Å². The van der Waals surface area contributed by atoms with Crippen molar-refractivity contribution in [1.82, 2.24) is 10.3 Å². The van der Waals surface area contributed by atoms with Gasteiger partial charge in [0, 0.05) is 6.54 Å². The number of carbonyl (C=O) groups excluding carboxylic acids is 1. The maximum atomic E-state index is 12.0. The molecule has 7 heteroatoms. The van der Waals surface area contributed by atoms with E-state index in [0.29, 0.717) is 19.0 Å². The Balaban J connectivity index is 2.02. The Hall–Kier alpha value is -2.54. The van der Waals surface area contributed by atoms with Gasteiger partial charge in [-0.05, 0) is 43.2 Å². The summed E-state index contributed by atoms with van der Waals surface area (Å²) in [5.41, 5.74) is 6.77. The maximum absolute atomic E-state index is 12.0. The summed E-state index contributed by atoms with van der Waals surface area (Å²) in [5, 5.41) is 4.09. The van der Waals surface area contributed by atoms with Gasteiger partial charge in [-0.2, -0.15) is 0 Å². The van der Waals surface area contributed by atoms with Crippen LogP contribution in [0.25, 0.3) is 0 Å². The number of benzene rings is 1. The predicted octanol–water partition coefficient (Wildman–Crippen LogP) is 0.726. The Morgan fingerprint density at radius 2 is 2.09 bits per heavy atom. The van der Waals surface area contributed by atoms with Gasteiger partial charge in [0.1, 0.15) is 11.4 Å². The van der Waals surface area contributed by atoms with Gasteiger partial charge in [0.25, 0.3) is 5.91 Å². The van der Waals surface area contributed by atoms with Crippen molar-refractivity contribution in [3.8, 4) is 5.75 Å². The van der Waals surface area contributed by atoms with Gasteiger partial charge < -0.3 is 15.8 Å². The Kier molecular flexibility index (Phi) is 5.59. The highest BCUT2D eigenvalue weighted by atomic mass is 16.5. The minimum atomic E-state index is -0.371. The van der Waals surface area contributed by atoms with E-state index in [1.165, 1.54) is 5.01 Å². The number of ether oxygens (including phenoxy) is 1. The molecule has 0 bridgehead atoms. The van der Waals surface area contributed by atoms with Crippen LogP contribution in [0.2, 0.25) is 0 Å². The third-order valence-electron chi connectivity index (χ3n) is 3.67. The molecule has 1 aliphatic rings. The average Bonchev–Trinajstić information content (AvgIpc) is 3.38. The van der Waals surface area contributed by atoms with Crippen molar-refractivity contribution in [2.45, 2.75) is 19.4 Å². The highest BCUT2D eigenvalue weighted by Crippen LogP contribution is 2.27. The van der Waals surface area contributed by atoms with Gasteiger partial charge in [0.15, 0.2) is 5.82 Å². The van der Waals surface area contributed by atoms with Crippen LogP contribution >= 0.6 is 0 Å². The molecule has 124 valence electrons. The van der Waals surface area contributed by atoms with Crippen LogP contribution in [-0.2, 0) is 11.3 Å². The molecule has 0 atom stereocenters. The number of amides is 1. The molecule has 5 N–H and O–H groups in total. The third kappa shape index (κ3) is 4.72. The first-order valence-electron chi connectivity index (χ1n) is 7.45. The zero-order valence-electron chi connectivity index (χ0n) is 13.3. The van der Waals surface area contributed by atoms with Gasteiger partial charge in [-0.15, -0.1) is 0 Å². The summed E-state index contributed by atoms with van der Waals surface area (Å²) in [6.07, 6.45) is 2.30. The lowest BCUT2D eigenvalue weighted by Gasteiger charge is -2.20. The van der Waals surface area contributed by atoms with Crippen molar-refractivity contribution in [2.75, 3.05) is 13.7 Å². The van der Waals surface area contributed by atoms with E-state index in [2.05, 4.69) is 17.0 Å². The van der Waals surface area contributed by atoms with Gasteiger partial charge in [-0.1, -0.05) is 12.1 Å². The second-order valence-corrected chi connectivity index (χ2v) is 5.52. The molecule has 0 aromatic heterocycles. The second-order valence-electron chi connectivity index (χ2n) is 5.52. The smallest absolute Gasteiger partial charge is 0.271 e. The van der Waals surface area contributed by atoms with Crippen LogP contribution in [0, 0.1) is 5.92 Å². The maximum Gasteiger partial charge on any atom is 0.271 e. The van der Waals surface area contributed by atoms with E-state index in [1.54, 1.807) is 7.11 Å². The summed E-state index contributed by atoms with van der Waals surface area (Å²) in [6, 6.07) is 7.42. The van der Waals surface area contributed by atoms with Crippen molar-refractivity contribution >= 4 is 12.6 Å². The molecule has 1 aromatic carbocycles. The van der Waals surface area contributed by atoms with Gasteiger partial charge in [0.05, 0.1) is 13.7 Å². The molecular weight excluding hydrogens is 294 g/mol. The number of hydrogen-bond acceptors (Lipinski definition) is 6. The van der Waals surface area contributed by atoms with E-state index in [1.807, 2.05) is 24.3 Å². The number of hydrogen-bond donors (Lipinski definition) is 3. The summed E-state index contributed by atoms with van der Waals surface area (Å²) < 4.78 is 5.11. The fourth-order valence-electron chi connectivity index (χ4n) is 2.09. The largest absolute Gasteiger partial charge is 0.497 e. The minimum absolute atomic E-state index is 0.0309. The quantitative estimate of drug-likeness (QED) is 0.284. The monoisotopic (exact) mass is 317 g/mol. The minimum Gasteiger partial charge on any atom is -0.497 e. The number of hydrazine groups is 1. The highest BCUT2D eigenvalue weighted by Gasteiger charge is 2.23. The molecule has 1 fully saturated rings. The van der Waals surface area contributed by atoms with Crippen LogP contribution in [0.1, 0.15) is 18.4 Å². The molecule has 23 heavy (non-hydrogen) atoms. The molecule has 2 rings (SSSR count). The lowest BCUT2D eigenvalue weighted by molar-refractivity contribution is -0.117. The summed E-state index contributed by atoms with van der Waals surface area (Å²) in [7, 11) is 1.60. The molecule has 1 saturated carbocycles. The number of carbonyl (C=O) groups is 1. The number of rotatable bonds is 8. The topological polar surface area (TPSA) is 106 Å². The molecule has 0 spiro atoms. The number of aliphatic imine (C=N–C) groups is 1. The second kappa shape index (κ2) is 7.64. The van der Waals surface area contributed by atoms with E-state index >= 15 is 0 Å². The van der Waals surface area contributed by atoms with Gasteiger partial charge >= 0.3 is 0 Å². The molecule has 0 unspecified atom stereocenters. The number of nitrogens with zero attached hydrogens (tertiary/aromatic N) is 2. The first-order valence-corrected chi connectivity index (χ1v) is 7.45. The molecule has 0 saturated heterocycles.